The van der Waals surface area contributed by atoms with Gasteiger partial charge in [-0.1, -0.05) is 79.7 Å². The molecule has 7 rings (SSSR count). The summed E-state index contributed by atoms with van der Waals surface area (Å²) in [6.07, 6.45) is 0.489. The number of carbonyl (C=O) groups excluding carboxylic acids is 1. The predicted molar refractivity (Wildman–Crippen MR) is 182 cm³/mol. The fourth-order valence-electron chi connectivity index (χ4n) is 6.84. The maximum absolute atomic E-state index is 15.6. The smallest absolute Gasteiger partial charge is 0.338 e. The molecular weight excluding hydrogens is 608 g/mol. The molecule has 0 radical (unpaired) electrons. The molecule has 48 heavy (non-hydrogen) atoms. The third-order valence-electron chi connectivity index (χ3n) is 9.20. The Morgan fingerprint density at radius 3 is 2.12 bits per heavy atom. The number of ether oxygens (including phenoxy) is 2. The number of aliphatic hydroxyl groups is 1. The fraction of sp³-hybridized carbons (Fsp3) is 0.195. The first kappa shape index (κ1) is 31.3. The third kappa shape index (κ3) is 5.98. The lowest BCUT2D eigenvalue weighted by Gasteiger charge is -2.44. The van der Waals surface area contributed by atoms with Crippen molar-refractivity contribution < 1.29 is 28.2 Å². The molecule has 0 bridgehead atoms. The van der Waals surface area contributed by atoms with Crippen molar-refractivity contribution in [2.75, 3.05) is 0 Å². The summed E-state index contributed by atoms with van der Waals surface area (Å²) in [5.74, 6) is -0.901. The minimum absolute atomic E-state index is 0.157. The zero-order chi connectivity index (χ0) is 33.4. The molecule has 1 aromatic heterocycles. The van der Waals surface area contributed by atoms with Gasteiger partial charge in [0.2, 0.25) is 0 Å². The Balaban J connectivity index is 1.40. The minimum atomic E-state index is -0.503. The van der Waals surface area contributed by atoms with Crippen LogP contribution in [-0.2, 0) is 23.4 Å². The number of nitrogens with zero attached hydrogens (tertiary/aromatic N) is 1. The number of fused-ring (bicyclic) bond motifs is 1. The fourth-order valence-corrected chi connectivity index (χ4v) is 6.84. The van der Waals surface area contributed by atoms with Crippen LogP contribution in [0.15, 0.2) is 115 Å². The summed E-state index contributed by atoms with van der Waals surface area (Å²) in [7, 11) is 0. The molecule has 7 heteroatoms. The Hall–Kier alpha value is -5.27. The Bertz CT molecular complexity index is 2100. The van der Waals surface area contributed by atoms with Gasteiger partial charge >= 0.3 is 5.97 Å². The second-order valence-electron chi connectivity index (χ2n) is 12.8. The standard InChI is InChI=1S/C41H35F2NO4/c1-26-19-32(17-18-34(26)43)44-35-20-31(42)21-36(47-24-27-9-5-3-6-10-27)38(35)37(39(44)41(2)22-33(45)23-41)29-13-15-30(16-14-29)40(46)48-25-28-11-7-4-8-12-28/h3-21,33,45H,22-25H2,1-2H3. The third-order valence-corrected chi connectivity index (χ3v) is 9.20. The first-order valence-corrected chi connectivity index (χ1v) is 16.0. The van der Waals surface area contributed by atoms with E-state index < -0.39 is 23.3 Å². The average molecular weight is 644 g/mol. The first-order chi connectivity index (χ1) is 23.2. The number of hydrogen-bond donors (Lipinski definition) is 1. The van der Waals surface area contributed by atoms with E-state index in [1.54, 1.807) is 31.2 Å². The Morgan fingerprint density at radius 2 is 1.50 bits per heavy atom. The molecule has 1 fully saturated rings. The topological polar surface area (TPSA) is 60.7 Å². The molecule has 6 aromatic rings. The van der Waals surface area contributed by atoms with Crippen LogP contribution in [0.5, 0.6) is 5.75 Å². The second-order valence-corrected chi connectivity index (χ2v) is 12.8. The molecule has 1 aliphatic carbocycles. The van der Waals surface area contributed by atoms with Gasteiger partial charge in [-0.3, -0.25) is 0 Å². The van der Waals surface area contributed by atoms with Crippen molar-refractivity contribution in [3.63, 3.8) is 0 Å². The van der Waals surface area contributed by atoms with Crippen LogP contribution in [0.2, 0.25) is 0 Å². The number of rotatable bonds is 9. The largest absolute Gasteiger partial charge is 0.488 e. The maximum Gasteiger partial charge on any atom is 0.338 e. The van der Waals surface area contributed by atoms with E-state index in [9.17, 15) is 14.3 Å². The van der Waals surface area contributed by atoms with Crippen molar-refractivity contribution in [3.8, 4) is 22.6 Å². The number of aliphatic hydroxyl groups excluding tert-OH is 1. The number of halogens is 2. The molecule has 0 amide bonds. The summed E-state index contributed by atoms with van der Waals surface area (Å²) in [4.78, 5) is 13.0. The summed E-state index contributed by atoms with van der Waals surface area (Å²) in [5, 5.41) is 11.3. The quantitative estimate of drug-likeness (QED) is 0.160. The van der Waals surface area contributed by atoms with Gasteiger partial charge in [0.15, 0.2) is 0 Å². The van der Waals surface area contributed by atoms with Crippen LogP contribution in [0.4, 0.5) is 8.78 Å². The number of hydrogen-bond acceptors (Lipinski definition) is 4. The van der Waals surface area contributed by atoms with Crippen molar-refractivity contribution in [2.45, 2.75) is 51.4 Å². The number of benzene rings is 5. The van der Waals surface area contributed by atoms with Gasteiger partial charge in [-0.25, -0.2) is 13.6 Å². The molecule has 5 aromatic carbocycles. The van der Waals surface area contributed by atoms with E-state index >= 15 is 4.39 Å². The predicted octanol–water partition coefficient (Wildman–Crippen LogP) is 9.23. The lowest BCUT2D eigenvalue weighted by molar-refractivity contribution is 0.0249. The van der Waals surface area contributed by atoms with Crippen LogP contribution in [0, 0.1) is 18.6 Å². The first-order valence-electron chi connectivity index (χ1n) is 16.0. The number of aromatic nitrogens is 1. The highest BCUT2D eigenvalue weighted by Gasteiger charge is 2.46. The van der Waals surface area contributed by atoms with Crippen LogP contribution in [-0.4, -0.2) is 21.7 Å². The zero-order valence-electron chi connectivity index (χ0n) is 26.8. The molecule has 0 unspecified atom stereocenters. The van der Waals surface area contributed by atoms with Gasteiger partial charge in [0.1, 0.15) is 30.6 Å². The summed E-state index contributed by atoms with van der Waals surface area (Å²) >= 11 is 0. The normalized spacial score (nSPS) is 17.2. The van der Waals surface area contributed by atoms with Crippen LogP contribution < -0.4 is 4.74 Å². The van der Waals surface area contributed by atoms with Crippen LogP contribution in [0.25, 0.3) is 27.7 Å². The van der Waals surface area contributed by atoms with Crippen LogP contribution in [0.1, 0.15) is 52.5 Å². The van der Waals surface area contributed by atoms with Crippen molar-refractivity contribution in [1.82, 2.24) is 4.57 Å². The van der Waals surface area contributed by atoms with Gasteiger partial charge in [0.05, 0.1) is 22.6 Å². The van der Waals surface area contributed by atoms with E-state index in [0.29, 0.717) is 46.3 Å². The molecule has 1 N–H and O–H groups in total. The van der Waals surface area contributed by atoms with Gasteiger partial charge in [-0.15, -0.1) is 0 Å². The molecule has 0 spiro atoms. The summed E-state index contributed by atoms with van der Waals surface area (Å²) in [6.45, 7) is 4.16. The number of aryl methyl sites for hydroxylation is 1. The van der Waals surface area contributed by atoms with E-state index in [1.165, 1.54) is 18.2 Å². The molecule has 0 atom stereocenters. The van der Waals surface area contributed by atoms with Crippen molar-refractivity contribution in [3.05, 3.63) is 155 Å². The van der Waals surface area contributed by atoms with Crippen molar-refractivity contribution in [1.29, 1.82) is 0 Å². The summed E-state index contributed by atoms with van der Waals surface area (Å²) in [6, 6.07) is 34.1. The van der Waals surface area contributed by atoms with Crippen LogP contribution >= 0.6 is 0 Å². The number of esters is 1. The monoisotopic (exact) mass is 643 g/mol. The van der Waals surface area contributed by atoms with E-state index in [-0.39, 0.29) is 19.0 Å². The molecule has 1 saturated carbocycles. The van der Waals surface area contributed by atoms with E-state index in [0.717, 1.165) is 27.9 Å². The van der Waals surface area contributed by atoms with Gasteiger partial charge in [0.25, 0.3) is 0 Å². The molecule has 242 valence electrons. The average Bonchev–Trinajstić information content (AvgIpc) is 3.43. The molecule has 0 saturated heterocycles. The second kappa shape index (κ2) is 12.7. The SMILES string of the molecule is Cc1cc(-n2c(C3(C)CC(O)C3)c(-c3ccc(C(=O)OCc4ccccc4)cc3)c3c(OCc4ccccc4)cc(F)cc32)ccc1F. The lowest BCUT2D eigenvalue weighted by Crippen LogP contribution is -2.43. The molecule has 0 aliphatic heterocycles. The van der Waals surface area contributed by atoms with Gasteiger partial charge in [-0.2, -0.15) is 0 Å². The summed E-state index contributed by atoms with van der Waals surface area (Å²) < 4.78 is 44.0. The number of carbonyl (C=O) groups is 1. The van der Waals surface area contributed by atoms with Crippen molar-refractivity contribution in [2.24, 2.45) is 0 Å². The molecular formula is C41H35F2NO4. The van der Waals surface area contributed by atoms with E-state index in [2.05, 4.69) is 6.92 Å². The highest BCUT2D eigenvalue weighted by molar-refractivity contribution is 6.04. The maximum atomic E-state index is 15.6. The van der Waals surface area contributed by atoms with E-state index in [4.69, 9.17) is 9.47 Å². The van der Waals surface area contributed by atoms with E-state index in [1.807, 2.05) is 77.4 Å². The zero-order valence-corrected chi connectivity index (χ0v) is 26.8. The van der Waals surface area contributed by atoms with Crippen molar-refractivity contribution >= 4 is 16.9 Å². The van der Waals surface area contributed by atoms with Crippen LogP contribution in [0.3, 0.4) is 0 Å². The molecule has 1 heterocycles. The van der Waals surface area contributed by atoms with Gasteiger partial charge in [0, 0.05) is 28.4 Å². The lowest BCUT2D eigenvalue weighted by atomic mass is 9.64. The highest BCUT2D eigenvalue weighted by atomic mass is 19.1. The van der Waals surface area contributed by atoms with Gasteiger partial charge < -0.3 is 19.1 Å². The molecule has 5 nitrogen and oxygen atoms in total. The summed E-state index contributed by atoms with van der Waals surface area (Å²) in [5.41, 5.74) is 5.83. The molecule has 1 aliphatic rings. The Morgan fingerprint density at radius 1 is 0.854 bits per heavy atom. The minimum Gasteiger partial charge on any atom is -0.488 e. The Kier molecular flexibility index (Phi) is 8.31. The van der Waals surface area contributed by atoms with Gasteiger partial charge in [-0.05, 0) is 78.4 Å². The highest BCUT2D eigenvalue weighted by Crippen LogP contribution is 2.53. The Labute approximate surface area is 278 Å².